The average Bonchev–Trinajstić information content (AvgIpc) is 2.81. The van der Waals surface area contributed by atoms with E-state index in [-0.39, 0.29) is 0 Å². The molecule has 4 nitrogen and oxygen atoms in total. The highest BCUT2D eigenvalue weighted by Crippen LogP contribution is 2.28. The Morgan fingerprint density at radius 2 is 2.10 bits per heavy atom. The van der Waals surface area contributed by atoms with E-state index in [0.717, 1.165) is 70.6 Å². The third-order valence-electron chi connectivity index (χ3n) is 4.83. The number of hydrogen-bond acceptors (Lipinski definition) is 3. The first-order valence-corrected chi connectivity index (χ1v) is 8.36. The lowest BCUT2D eigenvalue weighted by atomic mass is 9.84. The van der Waals surface area contributed by atoms with E-state index in [1.807, 2.05) is 12.1 Å². The predicted octanol–water partition coefficient (Wildman–Crippen LogP) is 2.55. The van der Waals surface area contributed by atoms with Crippen LogP contribution in [0.5, 0.6) is 0 Å². The third-order valence-corrected chi connectivity index (χ3v) is 4.83. The summed E-state index contributed by atoms with van der Waals surface area (Å²) in [5, 5.41) is 0. The van der Waals surface area contributed by atoms with E-state index in [1.165, 1.54) is 6.42 Å². The van der Waals surface area contributed by atoms with Crippen molar-refractivity contribution in [1.29, 1.82) is 0 Å². The molecule has 21 heavy (non-hydrogen) atoms. The molecule has 2 fully saturated rings. The topological polar surface area (TPSA) is 36.7 Å². The number of furan rings is 1. The van der Waals surface area contributed by atoms with Gasteiger partial charge in [0.05, 0.1) is 6.26 Å². The van der Waals surface area contributed by atoms with Gasteiger partial charge in [-0.2, -0.15) is 0 Å². The maximum absolute atomic E-state index is 12.3. The Balaban J connectivity index is 1.39. The van der Waals surface area contributed by atoms with Crippen molar-refractivity contribution in [2.45, 2.75) is 38.5 Å². The molecule has 0 radical (unpaired) electrons. The highest BCUT2D eigenvalue weighted by molar-refractivity contribution is 5.79. The number of rotatable bonds is 5. The minimum Gasteiger partial charge on any atom is -0.469 e. The fourth-order valence-electron chi connectivity index (χ4n) is 3.26. The zero-order chi connectivity index (χ0) is 14.5. The molecule has 0 bridgehead atoms. The first-order chi connectivity index (χ1) is 10.3. The second kappa shape index (κ2) is 7.12. The number of aryl methyl sites for hydroxylation is 1. The van der Waals surface area contributed by atoms with Crippen molar-refractivity contribution in [3.63, 3.8) is 0 Å². The number of hydrogen-bond donors (Lipinski definition) is 0. The van der Waals surface area contributed by atoms with Crippen molar-refractivity contribution in [3.05, 3.63) is 24.2 Å². The van der Waals surface area contributed by atoms with Crippen LogP contribution in [0.3, 0.4) is 0 Å². The molecule has 2 aliphatic rings. The van der Waals surface area contributed by atoms with E-state index >= 15 is 0 Å². The maximum Gasteiger partial charge on any atom is 0.225 e. The van der Waals surface area contributed by atoms with Crippen LogP contribution in [0.25, 0.3) is 0 Å². The monoisotopic (exact) mass is 290 g/mol. The molecule has 1 aromatic heterocycles. The second-order valence-corrected chi connectivity index (χ2v) is 6.33. The predicted molar refractivity (Wildman–Crippen MR) is 82.0 cm³/mol. The molecule has 1 aliphatic carbocycles. The minimum absolute atomic E-state index is 0.343. The van der Waals surface area contributed by atoms with E-state index in [4.69, 9.17) is 4.42 Å². The Labute approximate surface area is 127 Å². The number of carbonyl (C=O) groups is 1. The van der Waals surface area contributed by atoms with Gasteiger partial charge in [-0.3, -0.25) is 4.79 Å². The molecule has 2 heterocycles. The van der Waals surface area contributed by atoms with Crippen molar-refractivity contribution in [2.24, 2.45) is 5.92 Å². The summed E-state index contributed by atoms with van der Waals surface area (Å²) >= 11 is 0. The van der Waals surface area contributed by atoms with Crippen LogP contribution in [0, 0.1) is 5.92 Å². The van der Waals surface area contributed by atoms with Gasteiger partial charge in [0.25, 0.3) is 0 Å². The molecular weight excluding hydrogens is 264 g/mol. The Morgan fingerprint density at radius 1 is 1.19 bits per heavy atom. The molecule has 116 valence electrons. The Bertz CT molecular complexity index is 440. The van der Waals surface area contributed by atoms with Crippen molar-refractivity contribution in [3.8, 4) is 0 Å². The van der Waals surface area contributed by atoms with Gasteiger partial charge >= 0.3 is 0 Å². The van der Waals surface area contributed by atoms with Crippen molar-refractivity contribution < 1.29 is 9.21 Å². The van der Waals surface area contributed by atoms with Gasteiger partial charge in [0, 0.05) is 32.0 Å². The lowest BCUT2D eigenvalue weighted by Crippen LogP contribution is -2.41. The highest BCUT2D eigenvalue weighted by Gasteiger charge is 2.30. The van der Waals surface area contributed by atoms with Gasteiger partial charge in [0.1, 0.15) is 5.76 Å². The van der Waals surface area contributed by atoms with Gasteiger partial charge in [0.2, 0.25) is 5.91 Å². The Hall–Kier alpha value is -1.29. The van der Waals surface area contributed by atoms with Crippen LogP contribution in [0.1, 0.15) is 37.9 Å². The molecule has 1 amide bonds. The molecule has 1 aliphatic heterocycles. The minimum atomic E-state index is 0.343. The van der Waals surface area contributed by atoms with E-state index in [1.54, 1.807) is 6.26 Å². The molecule has 0 unspecified atom stereocenters. The molecule has 1 saturated carbocycles. The number of amides is 1. The fourth-order valence-corrected chi connectivity index (χ4v) is 3.26. The summed E-state index contributed by atoms with van der Waals surface area (Å²) in [6.07, 6.45) is 8.45. The summed E-state index contributed by atoms with van der Waals surface area (Å²) in [5.41, 5.74) is 0. The first-order valence-electron chi connectivity index (χ1n) is 8.36. The summed E-state index contributed by atoms with van der Waals surface area (Å²) in [5.74, 6) is 1.83. The molecule has 0 atom stereocenters. The van der Waals surface area contributed by atoms with Crippen LogP contribution < -0.4 is 0 Å². The van der Waals surface area contributed by atoms with E-state index < -0.39 is 0 Å². The Kier molecular flexibility index (Phi) is 4.96. The van der Waals surface area contributed by atoms with Crippen molar-refractivity contribution in [1.82, 2.24) is 9.80 Å². The zero-order valence-electron chi connectivity index (χ0n) is 12.8. The average molecular weight is 290 g/mol. The molecule has 0 spiro atoms. The van der Waals surface area contributed by atoms with Gasteiger partial charge in [-0.1, -0.05) is 6.42 Å². The first kappa shape index (κ1) is 14.6. The third kappa shape index (κ3) is 3.88. The Morgan fingerprint density at radius 3 is 2.81 bits per heavy atom. The molecule has 4 heteroatoms. The van der Waals surface area contributed by atoms with E-state index in [0.29, 0.717) is 11.8 Å². The largest absolute Gasteiger partial charge is 0.469 e. The number of nitrogens with zero attached hydrogens (tertiary/aromatic N) is 2. The lowest BCUT2D eigenvalue weighted by molar-refractivity contribution is -0.138. The zero-order valence-corrected chi connectivity index (χ0v) is 12.8. The molecule has 0 aromatic carbocycles. The molecule has 0 N–H and O–H groups in total. The van der Waals surface area contributed by atoms with Crippen LogP contribution in [0.2, 0.25) is 0 Å². The molecular formula is C17H26N2O2. The van der Waals surface area contributed by atoms with Gasteiger partial charge in [-0.25, -0.2) is 0 Å². The SMILES string of the molecule is O=C(C1CCC1)N1CCCN(CCCc2ccco2)CC1. The summed E-state index contributed by atoms with van der Waals surface area (Å²) < 4.78 is 5.37. The van der Waals surface area contributed by atoms with Gasteiger partial charge in [0.15, 0.2) is 0 Å². The standard InChI is InChI=1S/C17H26N2O2/c20-17(15-5-1-6-15)19-11-4-10-18(12-13-19)9-2-7-16-8-3-14-21-16/h3,8,14-15H,1-2,4-7,9-13H2. The summed E-state index contributed by atoms with van der Waals surface area (Å²) in [6, 6.07) is 3.99. The van der Waals surface area contributed by atoms with Crippen LogP contribution in [0.4, 0.5) is 0 Å². The quantitative estimate of drug-likeness (QED) is 0.836. The van der Waals surface area contributed by atoms with Crippen LogP contribution in [0.15, 0.2) is 22.8 Å². The van der Waals surface area contributed by atoms with Crippen LogP contribution in [-0.2, 0) is 11.2 Å². The van der Waals surface area contributed by atoms with Crippen molar-refractivity contribution in [2.75, 3.05) is 32.7 Å². The lowest BCUT2D eigenvalue weighted by Gasteiger charge is -2.31. The summed E-state index contributed by atoms with van der Waals surface area (Å²) in [4.78, 5) is 16.9. The molecule has 1 saturated heterocycles. The van der Waals surface area contributed by atoms with E-state index in [9.17, 15) is 4.79 Å². The van der Waals surface area contributed by atoms with Crippen molar-refractivity contribution >= 4 is 5.91 Å². The van der Waals surface area contributed by atoms with E-state index in [2.05, 4.69) is 9.80 Å². The van der Waals surface area contributed by atoms with Gasteiger partial charge in [-0.05, 0) is 50.9 Å². The summed E-state index contributed by atoms with van der Waals surface area (Å²) in [6.45, 7) is 5.11. The highest BCUT2D eigenvalue weighted by atomic mass is 16.3. The summed E-state index contributed by atoms with van der Waals surface area (Å²) in [7, 11) is 0. The number of carbonyl (C=O) groups excluding carboxylic acids is 1. The smallest absolute Gasteiger partial charge is 0.225 e. The second-order valence-electron chi connectivity index (χ2n) is 6.33. The fraction of sp³-hybridized carbons (Fsp3) is 0.706. The maximum atomic E-state index is 12.3. The molecule has 1 aromatic rings. The molecule has 3 rings (SSSR count). The van der Waals surface area contributed by atoms with Crippen LogP contribution >= 0.6 is 0 Å². The van der Waals surface area contributed by atoms with Gasteiger partial charge < -0.3 is 14.2 Å². The van der Waals surface area contributed by atoms with Gasteiger partial charge in [-0.15, -0.1) is 0 Å². The normalized spacial score (nSPS) is 21.0. The van der Waals surface area contributed by atoms with Crippen LogP contribution in [-0.4, -0.2) is 48.4 Å².